The van der Waals surface area contributed by atoms with Crippen molar-refractivity contribution in [3.63, 3.8) is 0 Å². The lowest BCUT2D eigenvalue weighted by Crippen LogP contribution is -2.45. The number of ketones is 1. The monoisotopic (exact) mass is 581 g/mol. The first-order chi connectivity index (χ1) is 20.0. The van der Waals surface area contributed by atoms with Crippen molar-refractivity contribution >= 4 is 40.1 Å². The standard InChI is InChI=1S/C31H47N7O4/c1-19(2)18-41-31(40)34-28(20(3)4)27(39)11-9-8-10-14-32-29-30-36-35-23(7)38(30)26-13-12-24(15-25(26)33-29)37-16-21(5)42-22(6)17-37/h12-13,15,19-22,28H,8-11,14,16-18H2,1-7H3,(H,32,33)(H,34,40)/t21-,22+,28-/m0/s1. The fourth-order valence-electron chi connectivity index (χ4n) is 5.46. The van der Waals surface area contributed by atoms with Crippen LogP contribution in [0.2, 0.25) is 0 Å². The molecule has 0 bridgehead atoms. The highest BCUT2D eigenvalue weighted by Gasteiger charge is 2.25. The summed E-state index contributed by atoms with van der Waals surface area (Å²) in [5.74, 6) is 1.78. The lowest BCUT2D eigenvalue weighted by molar-refractivity contribution is -0.122. The quantitative estimate of drug-likeness (QED) is 0.264. The van der Waals surface area contributed by atoms with Gasteiger partial charge in [-0.3, -0.25) is 9.20 Å². The maximum absolute atomic E-state index is 12.8. The molecule has 1 aromatic carbocycles. The van der Waals surface area contributed by atoms with Crippen molar-refractivity contribution in [3.8, 4) is 0 Å². The fourth-order valence-corrected chi connectivity index (χ4v) is 5.46. The summed E-state index contributed by atoms with van der Waals surface area (Å²) in [5, 5.41) is 14.9. The molecule has 4 rings (SSSR count). The Kier molecular flexibility index (Phi) is 10.6. The zero-order valence-electron chi connectivity index (χ0n) is 26.1. The highest BCUT2D eigenvalue weighted by atomic mass is 16.5. The van der Waals surface area contributed by atoms with Gasteiger partial charge in [0.05, 0.1) is 35.9 Å². The molecule has 3 aromatic rings. The van der Waals surface area contributed by atoms with E-state index in [-0.39, 0.29) is 29.8 Å². The first-order valence-corrected chi connectivity index (χ1v) is 15.3. The third-order valence-corrected chi connectivity index (χ3v) is 7.48. The van der Waals surface area contributed by atoms with Crippen LogP contribution in [0.25, 0.3) is 16.7 Å². The largest absolute Gasteiger partial charge is 0.449 e. The van der Waals surface area contributed by atoms with E-state index in [0.29, 0.717) is 31.0 Å². The second-order valence-corrected chi connectivity index (χ2v) is 12.3. The predicted octanol–water partition coefficient (Wildman–Crippen LogP) is 5.15. The summed E-state index contributed by atoms with van der Waals surface area (Å²) in [5.41, 5.74) is 3.67. The number of aromatic nitrogens is 4. The van der Waals surface area contributed by atoms with E-state index in [1.165, 1.54) is 0 Å². The van der Waals surface area contributed by atoms with Gasteiger partial charge >= 0.3 is 6.09 Å². The van der Waals surface area contributed by atoms with Crippen LogP contribution in [0.5, 0.6) is 0 Å². The number of hydrogen-bond donors (Lipinski definition) is 2. The molecule has 0 saturated carbocycles. The maximum Gasteiger partial charge on any atom is 0.407 e. The summed E-state index contributed by atoms with van der Waals surface area (Å²) in [4.78, 5) is 32.2. The number of amides is 1. The van der Waals surface area contributed by atoms with E-state index >= 15 is 0 Å². The lowest BCUT2D eigenvalue weighted by atomic mass is 9.96. The van der Waals surface area contributed by atoms with Crippen LogP contribution in [0.15, 0.2) is 18.2 Å². The van der Waals surface area contributed by atoms with E-state index in [1.54, 1.807) is 0 Å². The van der Waals surface area contributed by atoms with E-state index in [4.69, 9.17) is 14.5 Å². The Bertz CT molecular complexity index is 1360. The Balaban J connectivity index is 1.34. The molecule has 230 valence electrons. The Morgan fingerprint density at radius 2 is 1.81 bits per heavy atom. The molecule has 0 unspecified atom stereocenters. The number of benzene rings is 1. The second-order valence-electron chi connectivity index (χ2n) is 12.3. The van der Waals surface area contributed by atoms with Gasteiger partial charge in [0.2, 0.25) is 5.65 Å². The van der Waals surface area contributed by atoms with Gasteiger partial charge in [0, 0.05) is 31.7 Å². The first kappa shape index (κ1) is 31.5. The molecule has 42 heavy (non-hydrogen) atoms. The molecule has 2 N–H and O–H groups in total. The van der Waals surface area contributed by atoms with E-state index in [0.717, 1.165) is 54.9 Å². The Morgan fingerprint density at radius 1 is 1.07 bits per heavy atom. The number of carbonyl (C=O) groups is 2. The van der Waals surface area contributed by atoms with Gasteiger partial charge in [-0.25, -0.2) is 9.78 Å². The average Bonchev–Trinajstić information content (AvgIpc) is 3.33. The molecule has 11 nitrogen and oxygen atoms in total. The number of rotatable bonds is 13. The number of alkyl carbamates (subject to hydrolysis) is 1. The minimum absolute atomic E-state index is 0.00525. The van der Waals surface area contributed by atoms with Crippen LogP contribution in [-0.2, 0) is 14.3 Å². The van der Waals surface area contributed by atoms with Crippen molar-refractivity contribution in [3.05, 3.63) is 24.0 Å². The van der Waals surface area contributed by atoms with Crippen molar-refractivity contribution in [2.45, 2.75) is 92.4 Å². The van der Waals surface area contributed by atoms with Crippen LogP contribution in [0.3, 0.4) is 0 Å². The van der Waals surface area contributed by atoms with Crippen LogP contribution in [0.4, 0.5) is 16.3 Å². The number of nitrogens with zero attached hydrogens (tertiary/aromatic N) is 5. The SMILES string of the molecule is Cc1nnc2c(NCCCCCC(=O)[C@@H](NC(=O)OCC(C)C)C(C)C)nc3cc(N4C[C@@H](C)O[C@@H](C)C4)ccc3n12. The van der Waals surface area contributed by atoms with Crippen molar-refractivity contribution in [1.29, 1.82) is 0 Å². The smallest absolute Gasteiger partial charge is 0.407 e. The summed E-state index contributed by atoms with van der Waals surface area (Å²) < 4.78 is 13.2. The van der Waals surface area contributed by atoms with E-state index in [9.17, 15) is 9.59 Å². The highest BCUT2D eigenvalue weighted by molar-refractivity contribution is 5.88. The number of anilines is 2. The minimum Gasteiger partial charge on any atom is -0.449 e. The normalized spacial score (nSPS) is 18.2. The van der Waals surface area contributed by atoms with Gasteiger partial charge in [-0.05, 0) is 63.6 Å². The number of hydrogen-bond acceptors (Lipinski definition) is 9. The van der Waals surface area contributed by atoms with Crippen LogP contribution in [0.1, 0.15) is 73.1 Å². The number of nitrogens with one attached hydrogen (secondary N) is 2. The summed E-state index contributed by atoms with van der Waals surface area (Å²) in [6, 6.07) is 5.82. The van der Waals surface area contributed by atoms with Crippen LogP contribution in [-0.4, -0.2) is 75.9 Å². The average molecular weight is 582 g/mol. The third-order valence-electron chi connectivity index (χ3n) is 7.48. The molecule has 1 aliphatic heterocycles. The molecule has 1 aliphatic rings. The van der Waals surface area contributed by atoms with E-state index in [2.05, 4.69) is 57.8 Å². The minimum atomic E-state index is -0.539. The maximum atomic E-state index is 12.8. The molecule has 1 saturated heterocycles. The summed E-state index contributed by atoms with van der Waals surface area (Å²) in [7, 11) is 0. The predicted molar refractivity (Wildman–Crippen MR) is 165 cm³/mol. The topological polar surface area (TPSA) is 123 Å². The van der Waals surface area contributed by atoms with Crippen molar-refractivity contribution in [1.82, 2.24) is 24.9 Å². The Hall–Kier alpha value is -3.47. The number of fused-ring (bicyclic) bond motifs is 3. The van der Waals surface area contributed by atoms with E-state index < -0.39 is 12.1 Å². The molecule has 2 aromatic heterocycles. The van der Waals surface area contributed by atoms with Gasteiger partial charge < -0.3 is 25.0 Å². The van der Waals surface area contributed by atoms with Crippen LogP contribution in [0, 0.1) is 18.8 Å². The summed E-state index contributed by atoms with van der Waals surface area (Å²) in [6.07, 6.45) is 2.71. The molecule has 11 heteroatoms. The zero-order valence-corrected chi connectivity index (χ0v) is 26.1. The van der Waals surface area contributed by atoms with Gasteiger partial charge in [0.25, 0.3) is 0 Å². The number of Topliss-reactive ketones (excluding diaryl/α,β-unsaturated/α-hetero) is 1. The fraction of sp³-hybridized carbons (Fsp3) is 0.645. The van der Waals surface area contributed by atoms with Gasteiger partial charge in [-0.15, -0.1) is 10.2 Å². The van der Waals surface area contributed by atoms with Crippen molar-refractivity contribution in [2.75, 3.05) is 36.5 Å². The first-order valence-electron chi connectivity index (χ1n) is 15.3. The number of morpholine rings is 1. The van der Waals surface area contributed by atoms with E-state index in [1.807, 2.05) is 39.0 Å². The molecule has 0 aliphatic carbocycles. The number of carbonyl (C=O) groups excluding carboxylic acids is 2. The Morgan fingerprint density at radius 3 is 2.50 bits per heavy atom. The summed E-state index contributed by atoms with van der Waals surface area (Å²) in [6.45, 7) is 16.7. The van der Waals surface area contributed by atoms with Gasteiger partial charge in [-0.2, -0.15) is 0 Å². The molecular weight excluding hydrogens is 534 g/mol. The second kappa shape index (κ2) is 14.1. The van der Waals surface area contributed by atoms with Crippen molar-refractivity contribution < 1.29 is 19.1 Å². The van der Waals surface area contributed by atoms with Gasteiger partial charge in [-0.1, -0.05) is 34.1 Å². The molecule has 0 spiro atoms. The van der Waals surface area contributed by atoms with Gasteiger partial charge in [0.1, 0.15) is 5.82 Å². The molecule has 1 fully saturated rings. The van der Waals surface area contributed by atoms with Crippen LogP contribution < -0.4 is 15.5 Å². The molecule has 0 radical (unpaired) electrons. The number of ether oxygens (including phenoxy) is 2. The molecule has 1 amide bonds. The molecular formula is C31H47N7O4. The van der Waals surface area contributed by atoms with Crippen LogP contribution >= 0.6 is 0 Å². The Labute approximate surface area is 248 Å². The van der Waals surface area contributed by atoms with Crippen molar-refractivity contribution in [2.24, 2.45) is 11.8 Å². The summed E-state index contributed by atoms with van der Waals surface area (Å²) >= 11 is 0. The number of unbranched alkanes of at least 4 members (excludes halogenated alkanes) is 2. The highest BCUT2D eigenvalue weighted by Crippen LogP contribution is 2.27. The molecule has 3 heterocycles. The number of aryl methyl sites for hydroxylation is 1. The zero-order chi connectivity index (χ0) is 30.4. The van der Waals surface area contributed by atoms with Gasteiger partial charge in [0.15, 0.2) is 11.6 Å². The molecule has 3 atom stereocenters. The third kappa shape index (κ3) is 7.87. The lowest BCUT2D eigenvalue weighted by Gasteiger charge is -2.36.